The van der Waals surface area contributed by atoms with Crippen LogP contribution >= 0.6 is 0 Å². The van der Waals surface area contributed by atoms with E-state index in [2.05, 4.69) is 240 Å². The molecule has 300 valence electrons. The van der Waals surface area contributed by atoms with E-state index in [9.17, 15) is 0 Å². The van der Waals surface area contributed by atoms with E-state index >= 15 is 0 Å². The minimum Gasteiger partial charge on any atom is -0.456 e. The van der Waals surface area contributed by atoms with E-state index in [0.29, 0.717) is 0 Å². The molecule has 64 heavy (non-hydrogen) atoms. The second-order valence-corrected chi connectivity index (χ2v) is 20.6. The van der Waals surface area contributed by atoms with Crippen molar-refractivity contribution >= 4 is 94.4 Å². The van der Waals surface area contributed by atoms with Crippen molar-refractivity contribution in [2.45, 2.75) is 0 Å². The topological polar surface area (TPSA) is 23.0 Å². The van der Waals surface area contributed by atoms with E-state index in [1.807, 2.05) is 12.1 Å². The van der Waals surface area contributed by atoms with Gasteiger partial charge in [0.15, 0.2) is 8.07 Å². The van der Waals surface area contributed by atoms with Crippen molar-refractivity contribution in [1.29, 1.82) is 0 Å². The summed E-state index contributed by atoms with van der Waals surface area (Å²) < 4.78 is 11.2. The number of benzene rings is 10. The quantitative estimate of drug-likeness (QED) is 0.116. The van der Waals surface area contributed by atoms with Crippen LogP contribution in [0.15, 0.2) is 247 Å². The number of aromatic nitrogens is 2. The number of furan rings is 1. The number of fused-ring (bicyclic) bond motifs is 9. The van der Waals surface area contributed by atoms with Crippen molar-refractivity contribution in [1.82, 2.24) is 9.13 Å². The summed E-state index contributed by atoms with van der Waals surface area (Å²) in [7, 11) is -2.75. The summed E-state index contributed by atoms with van der Waals surface area (Å²) in [6.07, 6.45) is 0. The molecule has 3 heterocycles. The van der Waals surface area contributed by atoms with E-state index in [1.54, 1.807) is 0 Å². The van der Waals surface area contributed by atoms with Crippen LogP contribution in [0.4, 0.5) is 0 Å². The number of nitrogens with zero attached hydrogens (tertiary/aromatic N) is 2. The third-order valence-electron chi connectivity index (χ3n) is 13.5. The van der Waals surface area contributed by atoms with Gasteiger partial charge in [0.25, 0.3) is 0 Å². The number of para-hydroxylation sites is 3. The Balaban J connectivity index is 1.01. The van der Waals surface area contributed by atoms with Gasteiger partial charge in [-0.25, -0.2) is 0 Å². The first kappa shape index (κ1) is 36.5. The van der Waals surface area contributed by atoms with Gasteiger partial charge in [0.1, 0.15) is 11.2 Å². The molecule has 3 nitrogen and oxygen atoms in total. The summed E-state index contributed by atoms with van der Waals surface area (Å²) in [5.74, 6) is 0. The van der Waals surface area contributed by atoms with Crippen LogP contribution in [0, 0.1) is 0 Å². The van der Waals surface area contributed by atoms with Crippen LogP contribution in [-0.4, -0.2) is 17.2 Å². The van der Waals surface area contributed by atoms with Gasteiger partial charge in [0.2, 0.25) is 0 Å². The summed E-state index contributed by atoms with van der Waals surface area (Å²) in [6.45, 7) is 0. The number of hydrogen-bond acceptors (Lipinski definition) is 1. The first-order valence-electron chi connectivity index (χ1n) is 22.0. The molecule has 10 aromatic carbocycles. The Morgan fingerprint density at radius 1 is 0.297 bits per heavy atom. The molecular weight excluding hydrogens is 793 g/mol. The largest absolute Gasteiger partial charge is 0.456 e. The lowest BCUT2D eigenvalue weighted by molar-refractivity contribution is 0.669. The lowest BCUT2D eigenvalue weighted by atomic mass is 9.98. The van der Waals surface area contributed by atoms with Crippen molar-refractivity contribution in [2.24, 2.45) is 0 Å². The molecule has 0 N–H and O–H groups in total. The maximum Gasteiger partial charge on any atom is 0.179 e. The van der Waals surface area contributed by atoms with Crippen LogP contribution < -0.4 is 20.7 Å². The minimum absolute atomic E-state index is 0.906. The Kier molecular flexibility index (Phi) is 8.23. The molecule has 13 aromatic rings. The second-order valence-electron chi connectivity index (χ2n) is 16.8. The molecule has 0 radical (unpaired) electrons. The van der Waals surface area contributed by atoms with Gasteiger partial charge in [-0.2, -0.15) is 0 Å². The summed E-state index contributed by atoms with van der Waals surface area (Å²) in [6, 6.07) is 89.3. The Morgan fingerprint density at radius 2 is 0.812 bits per heavy atom. The molecular formula is C60H40N2OSi. The lowest BCUT2D eigenvalue weighted by Crippen LogP contribution is -2.74. The SMILES string of the molecule is c1ccc([Si](c2ccccc2)(c2ccccc2)c2cccc(-n3c4ccccc4c4cc(-n5c6ccccc6c6c(-c7ccc8oc9ccccc9c8c7)cccc65)ccc43)c2)cc1. The first-order valence-corrected chi connectivity index (χ1v) is 24.0. The average Bonchev–Trinajstić information content (AvgIpc) is 4.03. The molecule has 0 aliphatic rings. The van der Waals surface area contributed by atoms with Crippen molar-refractivity contribution < 1.29 is 4.42 Å². The van der Waals surface area contributed by atoms with Crippen molar-refractivity contribution in [3.8, 4) is 22.5 Å². The third-order valence-corrected chi connectivity index (χ3v) is 18.2. The molecule has 0 fully saturated rings. The zero-order chi connectivity index (χ0) is 42.2. The standard InChI is InChI=1S/C60H40N2OSi/c1-4-19-44(20-5-1)64(45-21-6-2-7-22-45,46-23-8-3-9-24-46)47-25-16-18-42(39-47)61-54-30-13-10-26-49(54)52-40-43(35-36-56(52)61)62-55-31-14-11-28-51(55)60-48(29-17-32-57(60)62)41-34-37-59-53(38-41)50-27-12-15-33-58(50)63-59/h1-40H. The van der Waals surface area contributed by atoms with Crippen LogP contribution in [0.3, 0.4) is 0 Å². The van der Waals surface area contributed by atoms with E-state index < -0.39 is 8.07 Å². The molecule has 0 spiro atoms. The van der Waals surface area contributed by atoms with Crippen LogP contribution in [-0.2, 0) is 0 Å². The zero-order valence-electron chi connectivity index (χ0n) is 34.9. The minimum atomic E-state index is -2.75. The highest BCUT2D eigenvalue weighted by Gasteiger charge is 2.41. The highest BCUT2D eigenvalue weighted by atomic mass is 28.3. The second kappa shape index (κ2) is 14.5. The Labute approximate surface area is 371 Å². The lowest BCUT2D eigenvalue weighted by Gasteiger charge is -2.34. The number of hydrogen-bond donors (Lipinski definition) is 0. The normalized spacial score (nSPS) is 12.1. The fraction of sp³-hybridized carbons (Fsp3) is 0. The molecule has 0 atom stereocenters. The van der Waals surface area contributed by atoms with Gasteiger partial charge >= 0.3 is 0 Å². The van der Waals surface area contributed by atoms with Crippen molar-refractivity contribution in [3.05, 3.63) is 243 Å². The maximum atomic E-state index is 6.23. The summed E-state index contributed by atoms with van der Waals surface area (Å²) in [5.41, 5.74) is 11.2. The van der Waals surface area contributed by atoms with Crippen molar-refractivity contribution in [2.75, 3.05) is 0 Å². The zero-order valence-corrected chi connectivity index (χ0v) is 35.9. The monoisotopic (exact) mass is 832 g/mol. The molecule has 0 saturated carbocycles. The fourth-order valence-electron chi connectivity index (χ4n) is 10.8. The van der Waals surface area contributed by atoms with Crippen molar-refractivity contribution in [3.63, 3.8) is 0 Å². The van der Waals surface area contributed by atoms with E-state index in [-0.39, 0.29) is 0 Å². The predicted molar refractivity (Wildman–Crippen MR) is 271 cm³/mol. The average molecular weight is 833 g/mol. The Hall–Kier alpha value is -8.18. The van der Waals surface area contributed by atoms with Gasteiger partial charge in [-0.3, -0.25) is 0 Å². The molecule has 13 rings (SSSR count). The van der Waals surface area contributed by atoms with Gasteiger partial charge < -0.3 is 13.6 Å². The van der Waals surface area contributed by atoms with E-state index in [0.717, 1.165) is 33.3 Å². The van der Waals surface area contributed by atoms with Crippen LogP contribution in [0.2, 0.25) is 0 Å². The highest BCUT2D eigenvalue weighted by molar-refractivity contribution is 7.19. The summed E-state index contributed by atoms with van der Waals surface area (Å²) in [4.78, 5) is 0. The van der Waals surface area contributed by atoms with Gasteiger partial charge in [-0.05, 0) is 98.6 Å². The van der Waals surface area contributed by atoms with E-state index in [4.69, 9.17) is 4.42 Å². The predicted octanol–water partition coefficient (Wildman–Crippen LogP) is 12.8. The Morgan fingerprint density at radius 3 is 1.53 bits per heavy atom. The van der Waals surface area contributed by atoms with Gasteiger partial charge in [0, 0.05) is 43.7 Å². The molecule has 0 aliphatic heterocycles. The van der Waals surface area contributed by atoms with Gasteiger partial charge in [-0.1, -0.05) is 176 Å². The molecule has 3 aromatic heterocycles. The van der Waals surface area contributed by atoms with Gasteiger partial charge in [-0.15, -0.1) is 0 Å². The molecule has 0 bridgehead atoms. The molecule has 4 heteroatoms. The number of rotatable bonds is 7. The molecule has 0 aliphatic carbocycles. The van der Waals surface area contributed by atoms with Crippen LogP contribution in [0.5, 0.6) is 0 Å². The molecule has 0 unspecified atom stereocenters. The summed E-state index contributed by atoms with van der Waals surface area (Å²) in [5, 5.41) is 12.6. The van der Waals surface area contributed by atoms with Crippen LogP contribution in [0.1, 0.15) is 0 Å². The fourth-order valence-corrected chi connectivity index (χ4v) is 15.5. The first-order chi connectivity index (χ1) is 31.8. The summed E-state index contributed by atoms with van der Waals surface area (Å²) >= 11 is 0. The Bertz CT molecular complexity index is 3800. The smallest absolute Gasteiger partial charge is 0.179 e. The third kappa shape index (κ3) is 5.39. The molecule has 0 amide bonds. The van der Waals surface area contributed by atoms with E-state index in [1.165, 1.54) is 75.5 Å². The highest BCUT2D eigenvalue weighted by Crippen LogP contribution is 2.42. The van der Waals surface area contributed by atoms with Gasteiger partial charge in [0.05, 0.1) is 22.1 Å². The molecule has 0 saturated heterocycles. The van der Waals surface area contributed by atoms with Crippen LogP contribution in [0.25, 0.3) is 88.1 Å². The maximum absolute atomic E-state index is 6.23.